The van der Waals surface area contributed by atoms with Crippen molar-refractivity contribution in [2.45, 2.75) is 57.0 Å². The molecule has 40 heavy (non-hydrogen) atoms. The minimum Gasteiger partial charge on any atom is -0.388 e. The summed E-state index contributed by atoms with van der Waals surface area (Å²) < 4.78 is 8.97. The Labute approximate surface area is 238 Å². The van der Waals surface area contributed by atoms with Gasteiger partial charge in [-0.3, -0.25) is 18.9 Å². The number of aryl methyl sites for hydroxylation is 1. The molecule has 3 N–H and O–H groups in total. The number of fused-ring (bicyclic) bond motifs is 1. The molecule has 2 aromatic heterocycles. The molecule has 10 heteroatoms. The quantitative estimate of drug-likeness (QED) is 0.352. The number of ether oxygens (including phenoxy) is 1. The minimum atomic E-state index is -1.00. The third-order valence-electron chi connectivity index (χ3n) is 8.30. The molecule has 1 atom stereocenters. The molecule has 6 rings (SSSR count). The van der Waals surface area contributed by atoms with Crippen LogP contribution in [0, 0.1) is 0 Å². The fourth-order valence-corrected chi connectivity index (χ4v) is 6.15. The zero-order chi connectivity index (χ0) is 27.9. The van der Waals surface area contributed by atoms with Crippen molar-refractivity contribution in [1.29, 1.82) is 0 Å². The summed E-state index contributed by atoms with van der Waals surface area (Å²) in [6.45, 7) is 3.58. The number of rotatable bonds is 7. The van der Waals surface area contributed by atoms with Crippen LogP contribution in [0.2, 0.25) is 5.02 Å². The highest BCUT2D eigenvalue weighted by Crippen LogP contribution is 2.32. The fraction of sp³-hybridized carbons (Fsp3) is 0.433. The number of hydrogen-bond donors (Lipinski definition) is 2. The number of nitrogens with two attached hydrogens (primary N) is 1. The lowest BCUT2D eigenvalue weighted by molar-refractivity contribution is -0.0364. The van der Waals surface area contributed by atoms with Gasteiger partial charge < -0.3 is 15.6 Å². The van der Waals surface area contributed by atoms with Gasteiger partial charge in [0.2, 0.25) is 0 Å². The Bertz CT molecular complexity index is 1570. The van der Waals surface area contributed by atoms with Gasteiger partial charge in [0.05, 0.1) is 30.3 Å². The van der Waals surface area contributed by atoms with E-state index in [9.17, 15) is 9.90 Å². The summed E-state index contributed by atoms with van der Waals surface area (Å²) in [5.41, 5.74) is 10.3. The largest absolute Gasteiger partial charge is 0.388 e. The van der Waals surface area contributed by atoms with Crippen LogP contribution in [0.5, 0.6) is 0 Å². The molecule has 2 aliphatic heterocycles. The highest BCUT2D eigenvalue weighted by Gasteiger charge is 2.34. The van der Waals surface area contributed by atoms with Crippen LogP contribution in [0.1, 0.15) is 48.5 Å². The van der Waals surface area contributed by atoms with E-state index >= 15 is 0 Å². The van der Waals surface area contributed by atoms with Crippen molar-refractivity contribution in [3.8, 4) is 11.3 Å². The van der Waals surface area contributed by atoms with Gasteiger partial charge in [0.1, 0.15) is 5.52 Å². The van der Waals surface area contributed by atoms with Crippen molar-refractivity contribution in [2.75, 3.05) is 19.7 Å². The maximum absolute atomic E-state index is 13.4. The van der Waals surface area contributed by atoms with E-state index in [-0.39, 0.29) is 18.2 Å². The number of piperidine rings is 1. The highest BCUT2D eigenvalue weighted by atomic mass is 35.5. The Morgan fingerprint density at radius 3 is 2.60 bits per heavy atom. The van der Waals surface area contributed by atoms with Gasteiger partial charge in [0.15, 0.2) is 5.52 Å². The maximum Gasteiger partial charge on any atom is 0.281 e. The van der Waals surface area contributed by atoms with Crippen LogP contribution >= 0.6 is 11.6 Å². The first-order valence-electron chi connectivity index (χ1n) is 13.9. The van der Waals surface area contributed by atoms with Crippen molar-refractivity contribution < 1.29 is 9.84 Å². The zero-order valence-electron chi connectivity index (χ0n) is 22.7. The minimum absolute atomic E-state index is 0.147. The SMILES string of the molecule is Cn1nc2c(=O)n(CC3(O)CCN(Cc4ccc(C5CCCO5)cc4Cl)CC3)cnc2c1-c1ccc(CN)cc1. The van der Waals surface area contributed by atoms with Crippen LogP contribution in [0.15, 0.2) is 53.6 Å². The summed E-state index contributed by atoms with van der Waals surface area (Å²) in [6.07, 6.45) is 4.90. The van der Waals surface area contributed by atoms with E-state index in [0.29, 0.717) is 43.5 Å². The molecule has 4 heterocycles. The topological polar surface area (TPSA) is 111 Å². The number of hydrogen-bond acceptors (Lipinski definition) is 7. The number of aromatic nitrogens is 4. The lowest BCUT2D eigenvalue weighted by Crippen LogP contribution is -2.47. The number of benzene rings is 2. The van der Waals surface area contributed by atoms with Crippen LogP contribution in [-0.2, 0) is 31.4 Å². The van der Waals surface area contributed by atoms with E-state index in [2.05, 4.69) is 27.1 Å². The second-order valence-corrected chi connectivity index (χ2v) is 11.5. The number of nitrogens with zero attached hydrogens (tertiary/aromatic N) is 5. The van der Waals surface area contributed by atoms with E-state index in [1.54, 1.807) is 4.68 Å². The Morgan fingerprint density at radius 1 is 1.15 bits per heavy atom. The van der Waals surface area contributed by atoms with Crippen LogP contribution in [-0.4, -0.2) is 54.6 Å². The average Bonchev–Trinajstić information content (AvgIpc) is 3.61. The summed E-state index contributed by atoms with van der Waals surface area (Å²) in [7, 11) is 1.81. The van der Waals surface area contributed by atoms with Gasteiger partial charge in [0.25, 0.3) is 5.56 Å². The first-order valence-corrected chi connectivity index (χ1v) is 14.3. The zero-order valence-corrected chi connectivity index (χ0v) is 23.5. The lowest BCUT2D eigenvalue weighted by Gasteiger charge is -2.38. The first-order chi connectivity index (χ1) is 19.3. The van der Waals surface area contributed by atoms with Crippen LogP contribution in [0.4, 0.5) is 0 Å². The molecular weight excluding hydrogens is 528 g/mol. The second kappa shape index (κ2) is 11.1. The molecule has 0 spiro atoms. The highest BCUT2D eigenvalue weighted by molar-refractivity contribution is 6.31. The molecule has 0 amide bonds. The molecule has 4 aromatic rings. The molecule has 1 unspecified atom stereocenters. The molecular formula is C30H35ClN6O3. The lowest BCUT2D eigenvalue weighted by atomic mass is 9.91. The normalized spacial score (nSPS) is 19.4. The standard InChI is InChI=1S/C30H35ClN6O3/c1-35-28(21-6-4-20(16-32)5-7-21)26-27(34-35)29(38)37(19-33-26)18-30(39)10-12-36(13-11-30)17-23-9-8-22(15-24(23)31)25-3-2-14-40-25/h4-9,15,19,25,39H,2-3,10-14,16-18,32H2,1H3. The van der Waals surface area contributed by atoms with E-state index < -0.39 is 5.60 Å². The van der Waals surface area contributed by atoms with Crippen molar-refractivity contribution in [2.24, 2.45) is 12.8 Å². The van der Waals surface area contributed by atoms with E-state index in [0.717, 1.165) is 59.0 Å². The maximum atomic E-state index is 13.4. The van der Waals surface area contributed by atoms with Gasteiger partial charge in [-0.25, -0.2) is 4.98 Å². The molecule has 210 valence electrons. The molecule has 0 saturated carbocycles. The Kier molecular flexibility index (Phi) is 7.50. The van der Waals surface area contributed by atoms with Crippen LogP contribution in [0.25, 0.3) is 22.3 Å². The van der Waals surface area contributed by atoms with Crippen molar-refractivity contribution >= 4 is 22.6 Å². The smallest absolute Gasteiger partial charge is 0.281 e. The number of aliphatic hydroxyl groups is 1. The Balaban J connectivity index is 1.13. The molecule has 2 aliphatic rings. The van der Waals surface area contributed by atoms with Crippen molar-refractivity contribution in [1.82, 2.24) is 24.2 Å². The second-order valence-electron chi connectivity index (χ2n) is 11.1. The predicted octanol–water partition coefficient (Wildman–Crippen LogP) is 3.79. The van der Waals surface area contributed by atoms with Gasteiger partial charge in [0, 0.05) is 50.4 Å². The van der Waals surface area contributed by atoms with Gasteiger partial charge >= 0.3 is 0 Å². The van der Waals surface area contributed by atoms with Gasteiger partial charge in [-0.2, -0.15) is 5.10 Å². The monoisotopic (exact) mass is 562 g/mol. The molecule has 2 fully saturated rings. The predicted molar refractivity (Wildman–Crippen MR) is 155 cm³/mol. The van der Waals surface area contributed by atoms with Gasteiger partial charge in [-0.1, -0.05) is 48.0 Å². The number of halogens is 1. The third kappa shape index (κ3) is 5.32. The molecule has 9 nitrogen and oxygen atoms in total. The molecule has 2 saturated heterocycles. The fourth-order valence-electron chi connectivity index (χ4n) is 5.91. The molecule has 0 aliphatic carbocycles. The molecule has 0 bridgehead atoms. The third-order valence-corrected chi connectivity index (χ3v) is 8.65. The molecule has 0 radical (unpaired) electrons. The van der Waals surface area contributed by atoms with Crippen molar-refractivity contribution in [3.05, 3.63) is 80.9 Å². The Hall–Kier alpha value is -3.08. The van der Waals surface area contributed by atoms with E-state index in [1.165, 1.54) is 10.9 Å². The summed E-state index contributed by atoms with van der Waals surface area (Å²) in [5, 5.41) is 16.7. The first kappa shape index (κ1) is 27.1. The average molecular weight is 563 g/mol. The summed E-state index contributed by atoms with van der Waals surface area (Å²) in [6, 6.07) is 14.1. The van der Waals surface area contributed by atoms with Crippen LogP contribution < -0.4 is 11.3 Å². The van der Waals surface area contributed by atoms with Crippen molar-refractivity contribution in [3.63, 3.8) is 0 Å². The van der Waals surface area contributed by atoms with Gasteiger partial charge in [-0.15, -0.1) is 0 Å². The van der Waals surface area contributed by atoms with E-state index in [4.69, 9.17) is 22.1 Å². The van der Waals surface area contributed by atoms with E-state index in [1.807, 2.05) is 37.4 Å². The number of likely N-dealkylation sites (tertiary alicyclic amines) is 1. The Morgan fingerprint density at radius 2 is 1.93 bits per heavy atom. The van der Waals surface area contributed by atoms with Gasteiger partial charge in [-0.05, 0) is 48.4 Å². The van der Waals surface area contributed by atoms with Crippen LogP contribution in [0.3, 0.4) is 0 Å². The molecule has 2 aromatic carbocycles. The summed E-state index contributed by atoms with van der Waals surface area (Å²) in [5.74, 6) is 0. The summed E-state index contributed by atoms with van der Waals surface area (Å²) >= 11 is 6.63. The summed E-state index contributed by atoms with van der Waals surface area (Å²) in [4.78, 5) is 20.3.